The van der Waals surface area contributed by atoms with Gasteiger partial charge in [-0.15, -0.1) is 0 Å². The summed E-state index contributed by atoms with van der Waals surface area (Å²) in [5.74, 6) is 1.59. The average molecular weight is 367 g/mol. The Morgan fingerprint density at radius 2 is 2.07 bits per heavy atom. The molecule has 1 aromatic carbocycles. The maximum Gasteiger partial charge on any atom is 0.260 e. The highest BCUT2D eigenvalue weighted by Crippen LogP contribution is 2.28. The van der Waals surface area contributed by atoms with E-state index in [1.165, 1.54) is 6.20 Å². The molecule has 8 heteroatoms. The van der Waals surface area contributed by atoms with Crippen LogP contribution >= 0.6 is 0 Å². The van der Waals surface area contributed by atoms with Crippen LogP contribution in [0.4, 0.5) is 5.69 Å². The van der Waals surface area contributed by atoms with E-state index < -0.39 is 0 Å². The van der Waals surface area contributed by atoms with Gasteiger partial charge in [-0.05, 0) is 38.0 Å². The molecule has 8 nitrogen and oxygen atoms in total. The number of aromatic amines is 1. The zero-order valence-electron chi connectivity index (χ0n) is 15.3. The van der Waals surface area contributed by atoms with Crippen molar-refractivity contribution in [3.05, 3.63) is 41.5 Å². The first-order valence-corrected chi connectivity index (χ1v) is 8.99. The maximum atomic E-state index is 12.3. The standard InChI is InChI=1S/C19H21N5O3/c1-11-15(10-20-27-11)19(26)21-14-3-4-16-17(9-14)23-18(22-16)13-5-7-24(8-6-13)12(2)25/h3-4,9-10,13H,5-8H2,1-2H3,(H,21,26)(H,22,23). The lowest BCUT2D eigenvalue weighted by Crippen LogP contribution is -2.36. The van der Waals surface area contributed by atoms with E-state index in [4.69, 9.17) is 9.51 Å². The first-order chi connectivity index (χ1) is 13.0. The van der Waals surface area contributed by atoms with Crippen LogP contribution in [-0.4, -0.2) is 44.9 Å². The predicted molar refractivity (Wildman–Crippen MR) is 99.5 cm³/mol. The monoisotopic (exact) mass is 367 g/mol. The predicted octanol–water partition coefficient (Wildman–Crippen LogP) is 2.84. The molecule has 1 aliphatic heterocycles. The van der Waals surface area contributed by atoms with Crippen LogP contribution in [-0.2, 0) is 4.79 Å². The Hall–Kier alpha value is -3.16. The number of hydrogen-bond donors (Lipinski definition) is 2. The molecular weight excluding hydrogens is 346 g/mol. The van der Waals surface area contributed by atoms with Crippen molar-refractivity contribution < 1.29 is 14.1 Å². The fraction of sp³-hybridized carbons (Fsp3) is 0.368. The van der Waals surface area contributed by atoms with Crippen molar-refractivity contribution in [1.82, 2.24) is 20.0 Å². The number of anilines is 1. The first-order valence-electron chi connectivity index (χ1n) is 8.99. The van der Waals surface area contributed by atoms with Crippen molar-refractivity contribution in [1.29, 1.82) is 0 Å². The summed E-state index contributed by atoms with van der Waals surface area (Å²) in [7, 11) is 0. The van der Waals surface area contributed by atoms with Gasteiger partial charge in [0.1, 0.15) is 17.1 Å². The van der Waals surface area contributed by atoms with Crippen LogP contribution in [0, 0.1) is 6.92 Å². The molecule has 3 heterocycles. The van der Waals surface area contributed by atoms with Gasteiger partial charge in [-0.1, -0.05) is 5.16 Å². The van der Waals surface area contributed by atoms with Gasteiger partial charge in [0.05, 0.1) is 17.2 Å². The van der Waals surface area contributed by atoms with Crippen LogP contribution in [0.15, 0.2) is 28.9 Å². The van der Waals surface area contributed by atoms with Crippen LogP contribution in [0.3, 0.4) is 0 Å². The van der Waals surface area contributed by atoms with Gasteiger partial charge in [0, 0.05) is 31.6 Å². The molecule has 1 fully saturated rings. The Labute approximate surface area is 155 Å². The number of rotatable bonds is 3. The molecule has 0 unspecified atom stereocenters. The number of nitrogens with one attached hydrogen (secondary N) is 2. The van der Waals surface area contributed by atoms with Crippen molar-refractivity contribution >= 4 is 28.5 Å². The number of imidazole rings is 1. The Morgan fingerprint density at radius 1 is 1.30 bits per heavy atom. The molecule has 0 bridgehead atoms. The molecule has 0 radical (unpaired) electrons. The summed E-state index contributed by atoms with van der Waals surface area (Å²) in [5.41, 5.74) is 2.81. The van der Waals surface area contributed by atoms with E-state index in [9.17, 15) is 9.59 Å². The second-order valence-corrected chi connectivity index (χ2v) is 6.88. The molecule has 2 N–H and O–H groups in total. The summed E-state index contributed by atoms with van der Waals surface area (Å²) in [6.07, 6.45) is 3.20. The van der Waals surface area contributed by atoms with Gasteiger partial charge in [0.15, 0.2) is 0 Å². The quantitative estimate of drug-likeness (QED) is 0.741. The highest BCUT2D eigenvalue weighted by Gasteiger charge is 2.24. The lowest BCUT2D eigenvalue weighted by atomic mass is 9.96. The highest BCUT2D eigenvalue weighted by molar-refractivity contribution is 6.05. The van der Waals surface area contributed by atoms with Crippen LogP contribution < -0.4 is 5.32 Å². The average Bonchev–Trinajstić information content (AvgIpc) is 3.27. The number of H-pyrrole nitrogens is 1. The molecule has 4 rings (SSSR count). The second-order valence-electron chi connectivity index (χ2n) is 6.88. The normalized spacial score (nSPS) is 15.3. The van der Waals surface area contributed by atoms with Gasteiger partial charge in [-0.25, -0.2) is 4.98 Å². The van der Waals surface area contributed by atoms with Crippen molar-refractivity contribution in [2.45, 2.75) is 32.6 Å². The molecule has 1 saturated heterocycles. The second kappa shape index (κ2) is 6.86. The summed E-state index contributed by atoms with van der Waals surface area (Å²) < 4.78 is 4.93. The number of fused-ring (bicyclic) bond motifs is 1. The van der Waals surface area contributed by atoms with Crippen molar-refractivity contribution in [3.63, 3.8) is 0 Å². The molecule has 140 valence electrons. The molecule has 2 aromatic heterocycles. The molecule has 0 aliphatic carbocycles. The van der Waals surface area contributed by atoms with Crippen LogP contribution in [0.1, 0.15) is 47.6 Å². The summed E-state index contributed by atoms with van der Waals surface area (Å²) in [5, 5.41) is 6.48. The van der Waals surface area contributed by atoms with E-state index in [1.807, 2.05) is 23.1 Å². The van der Waals surface area contributed by atoms with Gasteiger partial charge in [-0.2, -0.15) is 0 Å². The van der Waals surface area contributed by atoms with Crippen LogP contribution in [0.5, 0.6) is 0 Å². The van der Waals surface area contributed by atoms with Gasteiger partial charge in [0.2, 0.25) is 5.91 Å². The zero-order chi connectivity index (χ0) is 19.0. The third-order valence-corrected chi connectivity index (χ3v) is 5.08. The number of aryl methyl sites for hydroxylation is 1. The molecule has 0 saturated carbocycles. The molecule has 0 atom stereocenters. The van der Waals surface area contributed by atoms with Gasteiger partial charge in [0.25, 0.3) is 5.91 Å². The van der Waals surface area contributed by atoms with E-state index >= 15 is 0 Å². The molecule has 27 heavy (non-hydrogen) atoms. The Bertz CT molecular complexity index is 998. The topological polar surface area (TPSA) is 104 Å². The zero-order valence-corrected chi connectivity index (χ0v) is 15.3. The molecule has 2 amide bonds. The number of piperidine rings is 1. The number of carbonyl (C=O) groups is 2. The third-order valence-electron chi connectivity index (χ3n) is 5.08. The van der Waals surface area contributed by atoms with Gasteiger partial charge >= 0.3 is 0 Å². The lowest BCUT2D eigenvalue weighted by molar-refractivity contribution is -0.129. The fourth-order valence-corrected chi connectivity index (χ4v) is 3.48. The molecular formula is C19H21N5O3. The van der Waals surface area contributed by atoms with Crippen LogP contribution in [0.2, 0.25) is 0 Å². The minimum absolute atomic E-state index is 0.126. The van der Waals surface area contributed by atoms with Crippen molar-refractivity contribution in [2.24, 2.45) is 0 Å². The van der Waals surface area contributed by atoms with E-state index in [1.54, 1.807) is 13.8 Å². The van der Waals surface area contributed by atoms with Gasteiger partial charge in [-0.3, -0.25) is 9.59 Å². The third kappa shape index (κ3) is 3.42. The Balaban J connectivity index is 1.50. The summed E-state index contributed by atoms with van der Waals surface area (Å²) >= 11 is 0. The number of aromatic nitrogens is 3. The Kier molecular flexibility index (Phi) is 4.39. The number of benzene rings is 1. The van der Waals surface area contributed by atoms with E-state index in [2.05, 4.69) is 15.5 Å². The van der Waals surface area contributed by atoms with E-state index in [0.29, 0.717) is 22.9 Å². The number of nitrogens with zero attached hydrogens (tertiary/aromatic N) is 3. The SMILES string of the molecule is CC(=O)N1CCC(c2nc3cc(NC(=O)c4cnoc4C)ccc3[nH]2)CC1. The number of hydrogen-bond acceptors (Lipinski definition) is 5. The minimum atomic E-state index is -0.263. The minimum Gasteiger partial charge on any atom is -0.361 e. The number of likely N-dealkylation sites (tertiary alicyclic amines) is 1. The van der Waals surface area contributed by atoms with E-state index in [0.717, 1.165) is 42.8 Å². The van der Waals surface area contributed by atoms with Crippen molar-refractivity contribution in [3.8, 4) is 0 Å². The smallest absolute Gasteiger partial charge is 0.260 e. The van der Waals surface area contributed by atoms with Crippen molar-refractivity contribution in [2.75, 3.05) is 18.4 Å². The highest BCUT2D eigenvalue weighted by atomic mass is 16.5. The summed E-state index contributed by atoms with van der Waals surface area (Å²) in [6.45, 7) is 4.83. The first kappa shape index (κ1) is 17.3. The summed E-state index contributed by atoms with van der Waals surface area (Å²) in [4.78, 5) is 33.7. The fourth-order valence-electron chi connectivity index (χ4n) is 3.48. The Morgan fingerprint density at radius 3 is 2.74 bits per heavy atom. The molecule has 1 aliphatic rings. The van der Waals surface area contributed by atoms with E-state index in [-0.39, 0.29) is 11.8 Å². The van der Waals surface area contributed by atoms with Gasteiger partial charge < -0.3 is 19.7 Å². The number of carbonyl (C=O) groups excluding carboxylic acids is 2. The maximum absolute atomic E-state index is 12.3. The molecule has 0 spiro atoms. The molecule has 3 aromatic rings. The largest absolute Gasteiger partial charge is 0.361 e. The number of amides is 2. The van der Waals surface area contributed by atoms with Crippen LogP contribution in [0.25, 0.3) is 11.0 Å². The lowest BCUT2D eigenvalue weighted by Gasteiger charge is -2.30. The summed E-state index contributed by atoms with van der Waals surface area (Å²) in [6, 6.07) is 5.59.